The molecule has 0 saturated carbocycles. The quantitative estimate of drug-likeness (QED) is 0.897. The van der Waals surface area contributed by atoms with E-state index in [1.165, 1.54) is 24.3 Å². The summed E-state index contributed by atoms with van der Waals surface area (Å²) in [4.78, 5) is 12.3. The number of benzene rings is 1. The van der Waals surface area contributed by atoms with Gasteiger partial charge in [-0.1, -0.05) is 0 Å². The van der Waals surface area contributed by atoms with Gasteiger partial charge in [0.05, 0.1) is 11.4 Å². The molecular formula is C14H17N3O3S. The summed E-state index contributed by atoms with van der Waals surface area (Å²) in [6, 6.07) is 7.61. The summed E-state index contributed by atoms with van der Waals surface area (Å²) in [6.45, 7) is 2.45. The van der Waals surface area contributed by atoms with Gasteiger partial charge in [-0.2, -0.15) is 5.10 Å². The Labute approximate surface area is 123 Å². The van der Waals surface area contributed by atoms with Crippen LogP contribution in [0.4, 0.5) is 0 Å². The Morgan fingerprint density at radius 3 is 2.52 bits per heavy atom. The lowest BCUT2D eigenvalue weighted by molar-refractivity contribution is 0.0936. The average molecular weight is 307 g/mol. The minimum Gasteiger partial charge on any atom is -0.348 e. The van der Waals surface area contributed by atoms with Crippen LogP contribution in [0.1, 0.15) is 17.3 Å². The van der Waals surface area contributed by atoms with E-state index in [-0.39, 0.29) is 16.8 Å². The number of aromatic nitrogens is 2. The van der Waals surface area contributed by atoms with Gasteiger partial charge in [0, 0.05) is 30.3 Å². The summed E-state index contributed by atoms with van der Waals surface area (Å²) in [6.07, 6.45) is 4.64. The van der Waals surface area contributed by atoms with Crippen molar-refractivity contribution in [1.82, 2.24) is 15.1 Å². The molecule has 0 saturated heterocycles. The van der Waals surface area contributed by atoms with Crippen LogP contribution in [0.25, 0.3) is 0 Å². The molecule has 1 N–H and O–H groups in total. The summed E-state index contributed by atoms with van der Waals surface area (Å²) < 4.78 is 24.5. The van der Waals surface area contributed by atoms with Crippen molar-refractivity contribution in [2.75, 3.05) is 6.26 Å². The standard InChI is InChI=1S/C14H17N3O3S/c1-11(10-17-9-3-8-15-17)16-14(18)12-4-6-13(7-5-12)21(2,19)20/h3-9,11H,10H2,1-2H3,(H,16,18)/t11-/m1/s1. The van der Waals surface area contributed by atoms with Crippen molar-refractivity contribution in [2.45, 2.75) is 24.4 Å². The molecule has 1 heterocycles. The third kappa shape index (κ3) is 4.16. The molecule has 1 atom stereocenters. The first-order valence-corrected chi connectivity index (χ1v) is 8.34. The second-order valence-corrected chi connectivity index (χ2v) is 6.91. The zero-order valence-electron chi connectivity index (χ0n) is 11.9. The van der Waals surface area contributed by atoms with E-state index in [1.807, 2.05) is 19.2 Å². The number of nitrogens with one attached hydrogen (secondary N) is 1. The van der Waals surface area contributed by atoms with Crippen molar-refractivity contribution < 1.29 is 13.2 Å². The molecule has 21 heavy (non-hydrogen) atoms. The predicted molar refractivity (Wildman–Crippen MR) is 78.7 cm³/mol. The molecule has 6 nitrogen and oxygen atoms in total. The summed E-state index contributed by atoms with van der Waals surface area (Å²) in [5.41, 5.74) is 0.426. The zero-order valence-corrected chi connectivity index (χ0v) is 12.7. The van der Waals surface area contributed by atoms with Crippen LogP contribution in [0.15, 0.2) is 47.6 Å². The molecule has 2 aromatic rings. The predicted octanol–water partition coefficient (Wildman–Crippen LogP) is 1.11. The maximum atomic E-state index is 12.1. The van der Waals surface area contributed by atoms with Gasteiger partial charge < -0.3 is 5.32 Å². The van der Waals surface area contributed by atoms with Crippen molar-refractivity contribution >= 4 is 15.7 Å². The minimum absolute atomic E-state index is 0.0908. The Morgan fingerprint density at radius 2 is 2.00 bits per heavy atom. The number of carbonyl (C=O) groups excluding carboxylic acids is 1. The summed E-state index contributed by atoms with van der Waals surface area (Å²) in [7, 11) is -3.25. The first kappa shape index (κ1) is 15.2. The van der Waals surface area contributed by atoms with Crippen molar-refractivity contribution in [3.8, 4) is 0 Å². The lowest BCUT2D eigenvalue weighted by Gasteiger charge is -2.14. The second kappa shape index (κ2) is 6.09. The molecule has 0 bridgehead atoms. The van der Waals surface area contributed by atoms with Gasteiger partial charge in [0.25, 0.3) is 5.91 Å². The fourth-order valence-electron chi connectivity index (χ4n) is 1.90. The molecule has 0 spiro atoms. The molecule has 0 unspecified atom stereocenters. The van der Waals surface area contributed by atoms with Crippen LogP contribution in [0, 0.1) is 0 Å². The zero-order chi connectivity index (χ0) is 15.5. The van der Waals surface area contributed by atoms with Crippen LogP contribution in [-0.4, -0.2) is 36.4 Å². The number of sulfone groups is 1. The van der Waals surface area contributed by atoms with Crippen LogP contribution in [0.5, 0.6) is 0 Å². The second-order valence-electron chi connectivity index (χ2n) is 4.90. The number of nitrogens with zero attached hydrogens (tertiary/aromatic N) is 2. The van der Waals surface area contributed by atoms with E-state index in [1.54, 1.807) is 10.9 Å². The molecule has 2 rings (SSSR count). The first-order chi connectivity index (χ1) is 9.86. The highest BCUT2D eigenvalue weighted by molar-refractivity contribution is 7.90. The SMILES string of the molecule is C[C@H](Cn1cccn1)NC(=O)c1ccc(S(C)(=O)=O)cc1. The van der Waals surface area contributed by atoms with Crippen LogP contribution in [0.2, 0.25) is 0 Å². The minimum atomic E-state index is -3.25. The normalized spacial score (nSPS) is 12.9. The molecule has 7 heteroatoms. The Morgan fingerprint density at radius 1 is 1.33 bits per heavy atom. The Kier molecular flexibility index (Phi) is 4.42. The van der Waals surface area contributed by atoms with Crippen LogP contribution >= 0.6 is 0 Å². The molecule has 1 aromatic heterocycles. The van der Waals surface area contributed by atoms with E-state index in [0.717, 1.165) is 6.26 Å². The van der Waals surface area contributed by atoms with E-state index in [2.05, 4.69) is 10.4 Å². The summed E-state index contributed by atoms with van der Waals surface area (Å²) >= 11 is 0. The number of hydrogen-bond acceptors (Lipinski definition) is 4. The Hall–Kier alpha value is -2.15. The monoisotopic (exact) mass is 307 g/mol. The highest BCUT2D eigenvalue weighted by Crippen LogP contribution is 2.10. The van der Waals surface area contributed by atoms with Gasteiger partial charge in [-0.15, -0.1) is 0 Å². The van der Waals surface area contributed by atoms with E-state index in [9.17, 15) is 13.2 Å². The van der Waals surface area contributed by atoms with Gasteiger partial charge in [-0.3, -0.25) is 9.48 Å². The topological polar surface area (TPSA) is 81.1 Å². The largest absolute Gasteiger partial charge is 0.348 e. The molecule has 112 valence electrons. The van der Waals surface area contributed by atoms with Gasteiger partial charge >= 0.3 is 0 Å². The van der Waals surface area contributed by atoms with E-state index >= 15 is 0 Å². The smallest absolute Gasteiger partial charge is 0.251 e. The van der Waals surface area contributed by atoms with Crippen molar-refractivity contribution in [1.29, 1.82) is 0 Å². The van der Waals surface area contributed by atoms with Crippen LogP contribution < -0.4 is 5.32 Å². The summed E-state index contributed by atoms with van der Waals surface area (Å²) in [5, 5.41) is 6.92. The van der Waals surface area contributed by atoms with Gasteiger partial charge in [-0.05, 0) is 37.3 Å². The molecule has 0 fully saturated rings. The Balaban J connectivity index is 2.00. The molecule has 0 aliphatic carbocycles. The van der Waals surface area contributed by atoms with Gasteiger partial charge in [0.15, 0.2) is 9.84 Å². The summed E-state index contributed by atoms with van der Waals surface area (Å²) in [5.74, 6) is -0.241. The third-order valence-electron chi connectivity index (χ3n) is 2.94. The van der Waals surface area contributed by atoms with Crippen molar-refractivity contribution in [3.63, 3.8) is 0 Å². The highest BCUT2D eigenvalue weighted by Gasteiger charge is 2.12. The fraction of sp³-hybridized carbons (Fsp3) is 0.286. The lowest BCUT2D eigenvalue weighted by Crippen LogP contribution is -2.35. The maximum Gasteiger partial charge on any atom is 0.251 e. The van der Waals surface area contributed by atoms with E-state index in [0.29, 0.717) is 12.1 Å². The molecular weight excluding hydrogens is 290 g/mol. The molecule has 1 amide bonds. The van der Waals surface area contributed by atoms with E-state index in [4.69, 9.17) is 0 Å². The van der Waals surface area contributed by atoms with E-state index < -0.39 is 9.84 Å². The molecule has 0 aliphatic heterocycles. The highest BCUT2D eigenvalue weighted by atomic mass is 32.2. The van der Waals surface area contributed by atoms with Gasteiger partial charge in [-0.25, -0.2) is 8.42 Å². The van der Waals surface area contributed by atoms with Gasteiger partial charge in [0.2, 0.25) is 0 Å². The number of carbonyl (C=O) groups is 1. The Bertz CT molecular complexity index is 706. The van der Waals surface area contributed by atoms with Crippen molar-refractivity contribution in [3.05, 3.63) is 48.3 Å². The fourth-order valence-corrected chi connectivity index (χ4v) is 2.53. The third-order valence-corrected chi connectivity index (χ3v) is 4.07. The van der Waals surface area contributed by atoms with Crippen LogP contribution in [-0.2, 0) is 16.4 Å². The number of hydrogen-bond donors (Lipinski definition) is 1. The number of rotatable bonds is 5. The molecule has 1 aromatic carbocycles. The first-order valence-electron chi connectivity index (χ1n) is 6.44. The maximum absolute atomic E-state index is 12.1. The molecule has 0 radical (unpaired) electrons. The number of amides is 1. The average Bonchev–Trinajstić information content (AvgIpc) is 2.90. The van der Waals surface area contributed by atoms with Gasteiger partial charge in [0.1, 0.15) is 0 Å². The lowest BCUT2D eigenvalue weighted by atomic mass is 10.2. The van der Waals surface area contributed by atoms with Crippen LogP contribution in [0.3, 0.4) is 0 Å². The van der Waals surface area contributed by atoms with Crippen molar-refractivity contribution in [2.24, 2.45) is 0 Å². The molecule has 0 aliphatic rings.